The lowest BCUT2D eigenvalue weighted by molar-refractivity contribution is 1.07. The minimum Gasteiger partial charge on any atom is -0.308 e. The fraction of sp³-hybridized carbons (Fsp3) is 0. The number of hydrogen-bond acceptors (Lipinski definition) is 6. The number of benzene rings is 9. The molecule has 3 aromatic heterocycles. The smallest absolute Gasteiger partial charge is 0.164 e. The van der Waals surface area contributed by atoms with E-state index < -0.39 is 0 Å². The zero-order valence-electron chi connectivity index (χ0n) is 36.1. The standard InChI is InChI=1S/C60H39N7/c1-6-20-40(21-7-1)55-61-56(41-22-8-2-9-23-41)64-59(63-55)46-30-16-28-44(38-46)49-34-18-36-51-52-37-19-35-50(54(52)67(53(49)51)48-32-14-5-15-33-48)45-29-17-31-47(39-45)60-65-57(42-24-10-3-11-25-42)62-58(66-60)43-26-12-4-13-27-43/h1-39H. The molecule has 12 aromatic rings. The summed E-state index contributed by atoms with van der Waals surface area (Å²) in [6, 6.07) is 81.3. The first-order valence-corrected chi connectivity index (χ1v) is 22.3. The Kier molecular flexibility index (Phi) is 10.0. The molecule has 0 saturated carbocycles. The molecular formula is C60H39N7. The third-order valence-electron chi connectivity index (χ3n) is 12.1. The van der Waals surface area contributed by atoms with Gasteiger partial charge in [-0.05, 0) is 35.4 Å². The maximum Gasteiger partial charge on any atom is 0.164 e. The lowest BCUT2D eigenvalue weighted by Crippen LogP contribution is -2.00. The first-order valence-electron chi connectivity index (χ1n) is 22.3. The Balaban J connectivity index is 1.03. The molecule has 0 aliphatic carbocycles. The third-order valence-corrected chi connectivity index (χ3v) is 12.1. The van der Waals surface area contributed by atoms with Gasteiger partial charge in [-0.2, -0.15) is 0 Å². The van der Waals surface area contributed by atoms with Crippen LogP contribution < -0.4 is 0 Å². The molecule has 0 spiro atoms. The van der Waals surface area contributed by atoms with Crippen molar-refractivity contribution in [1.82, 2.24) is 34.5 Å². The lowest BCUT2D eigenvalue weighted by Gasteiger charge is -2.15. The fourth-order valence-electron chi connectivity index (χ4n) is 8.94. The Labute approximate surface area is 387 Å². The van der Waals surface area contributed by atoms with Crippen molar-refractivity contribution in [2.75, 3.05) is 0 Å². The van der Waals surface area contributed by atoms with E-state index in [4.69, 9.17) is 29.9 Å². The van der Waals surface area contributed by atoms with Crippen molar-refractivity contribution in [2.45, 2.75) is 0 Å². The molecule has 0 bridgehead atoms. The summed E-state index contributed by atoms with van der Waals surface area (Å²) in [5.41, 5.74) is 13.1. The van der Waals surface area contributed by atoms with Crippen LogP contribution in [0.2, 0.25) is 0 Å². The molecular weight excluding hydrogens is 819 g/mol. The average molecular weight is 858 g/mol. The van der Waals surface area contributed by atoms with Gasteiger partial charge in [-0.1, -0.05) is 212 Å². The predicted octanol–water partition coefficient (Wildman–Crippen LogP) is 14.5. The number of rotatable bonds is 9. The number of fused-ring (bicyclic) bond motifs is 3. The van der Waals surface area contributed by atoms with Gasteiger partial charge >= 0.3 is 0 Å². The SMILES string of the molecule is c1ccc(-c2nc(-c3ccccc3)nc(-c3cccc(-c4cccc5c6cccc(-c7cccc(-c8nc(-c9ccccc9)nc(-c9ccccc9)n8)c7)c6n(-c6ccccc6)c45)c3)n2)cc1. The Morgan fingerprint density at radius 3 is 0.836 bits per heavy atom. The van der Waals surface area contributed by atoms with E-state index in [1.54, 1.807) is 0 Å². The van der Waals surface area contributed by atoms with E-state index in [2.05, 4.69) is 120 Å². The van der Waals surface area contributed by atoms with E-state index in [-0.39, 0.29) is 0 Å². The van der Waals surface area contributed by atoms with Crippen LogP contribution in [0, 0.1) is 0 Å². The van der Waals surface area contributed by atoms with Crippen molar-refractivity contribution >= 4 is 21.8 Å². The van der Waals surface area contributed by atoms with E-state index in [9.17, 15) is 0 Å². The first kappa shape index (κ1) is 39.4. The van der Waals surface area contributed by atoms with Gasteiger partial charge in [0.25, 0.3) is 0 Å². The highest BCUT2D eigenvalue weighted by Crippen LogP contribution is 2.43. The van der Waals surface area contributed by atoms with Crippen LogP contribution in [0.3, 0.4) is 0 Å². The predicted molar refractivity (Wildman–Crippen MR) is 271 cm³/mol. The monoisotopic (exact) mass is 857 g/mol. The molecule has 7 nitrogen and oxygen atoms in total. The summed E-state index contributed by atoms with van der Waals surface area (Å²) in [4.78, 5) is 30.2. The topological polar surface area (TPSA) is 82.3 Å². The molecule has 3 heterocycles. The van der Waals surface area contributed by atoms with Crippen LogP contribution in [0.4, 0.5) is 0 Å². The lowest BCUT2D eigenvalue weighted by atomic mass is 9.98. The maximum absolute atomic E-state index is 5.07. The van der Waals surface area contributed by atoms with Crippen LogP contribution in [0.5, 0.6) is 0 Å². The minimum atomic E-state index is 0.609. The van der Waals surface area contributed by atoms with Crippen LogP contribution in [0.15, 0.2) is 237 Å². The summed E-state index contributed by atoms with van der Waals surface area (Å²) >= 11 is 0. The zero-order chi connectivity index (χ0) is 44.5. The summed E-state index contributed by atoms with van der Waals surface area (Å²) in [5, 5.41) is 2.30. The second-order valence-electron chi connectivity index (χ2n) is 16.3. The highest BCUT2D eigenvalue weighted by molar-refractivity contribution is 6.17. The third kappa shape index (κ3) is 7.50. The van der Waals surface area contributed by atoms with E-state index in [0.29, 0.717) is 34.9 Å². The molecule has 0 atom stereocenters. The molecule has 12 rings (SSSR count). The second kappa shape index (κ2) is 17.1. The van der Waals surface area contributed by atoms with E-state index >= 15 is 0 Å². The van der Waals surface area contributed by atoms with Gasteiger partial charge in [0.05, 0.1) is 11.0 Å². The minimum absolute atomic E-state index is 0.609. The van der Waals surface area contributed by atoms with Crippen LogP contribution in [-0.4, -0.2) is 34.5 Å². The molecule has 0 unspecified atom stereocenters. The first-order chi connectivity index (χ1) is 33.2. The largest absolute Gasteiger partial charge is 0.308 e. The summed E-state index contributed by atoms with van der Waals surface area (Å²) in [7, 11) is 0. The molecule has 7 heteroatoms. The molecule has 314 valence electrons. The molecule has 0 amide bonds. The molecule has 0 saturated heterocycles. The molecule has 67 heavy (non-hydrogen) atoms. The van der Waals surface area contributed by atoms with Gasteiger partial charge in [0, 0.05) is 61.0 Å². The van der Waals surface area contributed by atoms with Crippen LogP contribution >= 0.6 is 0 Å². The van der Waals surface area contributed by atoms with Crippen molar-refractivity contribution < 1.29 is 0 Å². The highest BCUT2D eigenvalue weighted by atomic mass is 15.0. The summed E-state index contributed by atoms with van der Waals surface area (Å²) in [6.07, 6.45) is 0. The van der Waals surface area contributed by atoms with Gasteiger partial charge in [-0.25, -0.2) is 29.9 Å². The number of hydrogen-bond donors (Lipinski definition) is 0. The molecule has 0 aliphatic heterocycles. The number of aromatic nitrogens is 7. The van der Waals surface area contributed by atoms with Gasteiger partial charge in [0.15, 0.2) is 34.9 Å². The number of nitrogens with zero attached hydrogens (tertiary/aromatic N) is 7. The average Bonchev–Trinajstić information content (AvgIpc) is 3.77. The molecule has 0 fully saturated rings. The van der Waals surface area contributed by atoms with Gasteiger partial charge in [0.1, 0.15) is 0 Å². The van der Waals surface area contributed by atoms with E-state index in [1.165, 1.54) is 0 Å². The van der Waals surface area contributed by atoms with Gasteiger partial charge < -0.3 is 4.57 Å². The Bertz CT molecular complexity index is 3380. The van der Waals surface area contributed by atoms with Crippen LogP contribution in [0.1, 0.15) is 0 Å². The Hall–Kier alpha value is -9.20. The van der Waals surface area contributed by atoms with Gasteiger partial charge in [0.2, 0.25) is 0 Å². The molecule has 9 aromatic carbocycles. The Morgan fingerprint density at radius 1 is 0.224 bits per heavy atom. The quantitative estimate of drug-likeness (QED) is 0.144. The molecule has 0 N–H and O–H groups in total. The molecule has 0 radical (unpaired) electrons. The van der Waals surface area contributed by atoms with Crippen LogP contribution in [-0.2, 0) is 0 Å². The second-order valence-corrected chi connectivity index (χ2v) is 16.3. The van der Waals surface area contributed by atoms with E-state index in [1.807, 2.05) is 121 Å². The van der Waals surface area contributed by atoms with Gasteiger partial charge in [-0.15, -0.1) is 0 Å². The number of para-hydroxylation sites is 3. The zero-order valence-corrected chi connectivity index (χ0v) is 36.1. The fourth-order valence-corrected chi connectivity index (χ4v) is 8.94. The van der Waals surface area contributed by atoms with Crippen LogP contribution in [0.25, 0.3) is 118 Å². The molecule has 0 aliphatic rings. The maximum atomic E-state index is 5.07. The van der Waals surface area contributed by atoms with Gasteiger partial charge in [-0.3, -0.25) is 0 Å². The summed E-state index contributed by atoms with van der Waals surface area (Å²) in [5.74, 6) is 3.72. The normalized spacial score (nSPS) is 11.3. The van der Waals surface area contributed by atoms with E-state index in [0.717, 1.165) is 83.1 Å². The summed E-state index contributed by atoms with van der Waals surface area (Å²) in [6.45, 7) is 0. The van der Waals surface area contributed by atoms with Crippen molar-refractivity contribution in [3.05, 3.63) is 237 Å². The van der Waals surface area contributed by atoms with Crippen molar-refractivity contribution in [3.63, 3.8) is 0 Å². The van der Waals surface area contributed by atoms with Crippen molar-refractivity contribution in [1.29, 1.82) is 0 Å². The van der Waals surface area contributed by atoms with Crippen molar-refractivity contribution in [3.8, 4) is 96.3 Å². The summed E-state index contributed by atoms with van der Waals surface area (Å²) < 4.78 is 2.42. The van der Waals surface area contributed by atoms with Crippen molar-refractivity contribution in [2.24, 2.45) is 0 Å². The highest BCUT2D eigenvalue weighted by Gasteiger charge is 2.21. The Morgan fingerprint density at radius 2 is 0.493 bits per heavy atom.